The van der Waals surface area contributed by atoms with Gasteiger partial charge in [-0.1, -0.05) is 30.1 Å². The quantitative estimate of drug-likeness (QED) is 0.328. The zero-order chi connectivity index (χ0) is 25.9. The minimum atomic E-state index is -4.70. The summed E-state index contributed by atoms with van der Waals surface area (Å²) in [5.74, 6) is -1.37. The van der Waals surface area contributed by atoms with Crippen LogP contribution in [0.5, 0.6) is 0 Å². The van der Waals surface area contributed by atoms with Gasteiger partial charge in [-0.15, -0.1) is 11.3 Å². The second kappa shape index (κ2) is 10.8. The molecule has 0 aliphatic carbocycles. The van der Waals surface area contributed by atoms with E-state index >= 15 is 0 Å². The highest BCUT2D eigenvalue weighted by Gasteiger charge is 2.34. The number of halogens is 5. The zero-order valence-corrected chi connectivity index (χ0v) is 20.9. The molecule has 8 nitrogen and oxygen atoms in total. The summed E-state index contributed by atoms with van der Waals surface area (Å²) < 4.78 is 39.1. The van der Waals surface area contributed by atoms with Gasteiger partial charge in [0.25, 0.3) is 5.91 Å². The van der Waals surface area contributed by atoms with Crippen LogP contribution in [0, 0.1) is 0 Å². The monoisotopic (exact) mass is 546 g/mol. The third-order valence-corrected chi connectivity index (χ3v) is 6.43. The number of carbonyl (C=O) groups excluding carboxylic acids is 2. The Balaban J connectivity index is 1.70. The first-order chi connectivity index (χ1) is 16.4. The Morgan fingerprint density at radius 2 is 1.80 bits per heavy atom. The van der Waals surface area contributed by atoms with Crippen molar-refractivity contribution in [1.82, 2.24) is 19.9 Å². The van der Waals surface area contributed by atoms with Crippen LogP contribution >= 0.6 is 34.5 Å². The van der Waals surface area contributed by atoms with Crippen molar-refractivity contribution in [2.75, 3.05) is 10.6 Å². The van der Waals surface area contributed by atoms with E-state index in [4.69, 9.17) is 23.2 Å². The topological polar surface area (TPSA) is 110 Å². The first-order valence-electron chi connectivity index (χ1n) is 10.2. The number of Topliss-reactive ketones (excluding diaryl/α,β-unsaturated/α-hetero) is 1. The van der Waals surface area contributed by atoms with Gasteiger partial charge in [-0.3, -0.25) is 9.59 Å². The number of hydrogen-bond donors (Lipinski definition) is 2. The molecule has 1 amide bonds. The lowest BCUT2D eigenvalue weighted by Gasteiger charge is -2.13. The first-order valence-corrected chi connectivity index (χ1v) is 11.7. The van der Waals surface area contributed by atoms with Gasteiger partial charge in [0.15, 0.2) is 5.78 Å². The van der Waals surface area contributed by atoms with E-state index < -0.39 is 22.7 Å². The van der Waals surface area contributed by atoms with Gasteiger partial charge in [-0.05, 0) is 19.9 Å². The fourth-order valence-electron chi connectivity index (χ4n) is 2.92. The lowest BCUT2D eigenvalue weighted by atomic mass is 10.0. The van der Waals surface area contributed by atoms with E-state index in [0.29, 0.717) is 16.9 Å². The van der Waals surface area contributed by atoms with Gasteiger partial charge in [0.1, 0.15) is 33.6 Å². The predicted molar refractivity (Wildman–Crippen MR) is 127 cm³/mol. The average molecular weight is 547 g/mol. The van der Waals surface area contributed by atoms with Crippen LogP contribution in [0.4, 0.5) is 24.8 Å². The van der Waals surface area contributed by atoms with E-state index in [1.54, 1.807) is 6.92 Å². The van der Waals surface area contributed by atoms with Crippen molar-refractivity contribution in [1.29, 1.82) is 0 Å². The van der Waals surface area contributed by atoms with Crippen LogP contribution in [-0.4, -0.2) is 37.7 Å². The molecule has 0 bridgehead atoms. The summed E-state index contributed by atoms with van der Waals surface area (Å²) in [6.45, 7) is 5.55. The van der Waals surface area contributed by atoms with Crippen molar-refractivity contribution in [2.45, 2.75) is 45.3 Å². The normalized spacial score (nSPS) is 12.5. The number of pyridine rings is 1. The molecule has 3 rings (SSSR count). The summed E-state index contributed by atoms with van der Waals surface area (Å²) in [7, 11) is 0. The van der Waals surface area contributed by atoms with Crippen LogP contribution < -0.4 is 10.6 Å². The number of aromatic nitrogens is 4. The van der Waals surface area contributed by atoms with Crippen LogP contribution in [0.25, 0.3) is 0 Å². The smallest absolute Gasteiger partial charge is 0.367 e. The van der Waals surface area contributed by atoms with E-state index in [1.165, 1.54) is 12.5 Å². The highest BCUT2D eigenvalue weighted by atomic mass is 35.5. The highest BCUT2D eigenvalue weighted by Crippen LogP contribution is 2.35. The van der Waals surface area contributed by atoms with Crippen molar-refractivity contribution in [3.63, 3.8) is 0 Å². The molecule has 0 aliphatic rings. The Labute approximate surface area is 212 Å². The van der Waals surface area contributed by atoms with Crippen LogP contribution in [0.1, 0.15) is 63.8 Å². The molecule has 0 spiro atoms. The summed E-state index contributed by atoms with van der Waals surface area (Å²) in [5, 5.41) is 5.36. The molecular formula is C21H19Cl2F3N6O2S. The number of hydrogen-bond acceptors (Lipinski definition) is 8. The van der Waals surface area contributed by atoms with E-state index in [0.717, 1.165) is 17.5 Å². The average Bonchev–Trinajstić information content (AvgIpc) is 3.26. The molecule has 3 aromatic rings. The van der Waals surface area contributed by atoms with Crippen LogP contribution in [0.15, 0.2) is 24.8 Å². The predicted octanol–water partition coefficient (Wildman–Crippen LogP) is 6.10. The number of anilines is 2. The van der Waals surface area contributed by atoms with Gasteiger partial charge >= 0.3 is 6.18 Å². The molecule has 1 atom stereocenters. The first kappa shape index (κ1) is 26.8. The Morgan fingerprint density at radius 3 is 2.46 bits per heavy atom. The largest absolute Gasteiger partial charge is 0.418 e. The van der Waals surface area contributed by atoms with E-state index in [9.17, 15) is 22.8 Å². The Morgan fingerprint density at radius 1 is 1.09 bits per heavy atom. The van der Waals surface area contributed by atoms with Gasteiger partial charge in [-0.25, -0.2) is 19.9 Å². The third-order valence-electron chi connectivity index (χ3n) is 4.54. The Bertz CT molecular complexity index is 1250. The summed E-state index contributed by atoms with van der Waals surface area (Å²) in [6, 6.07) is 0.699. The van der Waals surface area contributed by atoms with Gasteiger partial charge < -0.3 is 10.6 Å². The second-order valence-corrected chi connectivity index (χ2v) is 9.62. The third kappa shape index (κ3) is 6.65. The molecule has 3 heterocycles. The van der Waals surface area contributed by atoms with Crippen LogP contribution in [-0.2, 0) is 6.18 Å². The van der Waals surface area contributed by atoms with Crippen molar-refractivity contribution in [3.8, 4) is 0 Å². The maximum absolute atomic E-state index is 13.0. The molecule has 186 valence electrons. The van der Waals surface area contributed by atoms with Crippen molar-refractivity contribution >= 4 is 57.9 Å². The maximum Gasteiger partial charge on any atom is 0.418 e. The molecule has 0 saturated heterocycles. The maximum atomic E-state index is 13.0. The van der Waals surface area contributed by atoms with E-state index in [1.807, 2.05) is 13.8 Å². The molecule has 0 fully saturated rings. The molecule has 2 N–H and O–H groups in total. The summed E-state index contributed by atoms with van der Waals surface area (Å²) >= 11 is 12.8. The number of alkyl halides is 3. The number of thiazole rings is 1. The van der Waals surface area contributed by atoms with Crippen LogP contribution in [0.2, 0.25) is 10.0 Å². The number of nitrogens with one attached hydrogen (secondary N) is 2. The van der Waals surface area contributed by atoms with Gasteiger partial charge in [0.05, 0.1) is 21.8 Å². The van der Waals surface area contributed by atoms with Gasteiger partial charge in [0, 0.05) is 24.6 Å². The second-order valence-electron chi connectivity index (χ2n) is 7.78. The Kier molecular flexibility index (Phi) is 8.29. The zero-order valence-electron chi connectivity index (χ0n) is 18.6. The van der Waals surface area contributed by atoms with Gasteiger partial charge in [0.2, 0.25) is 0 Å². The van der Waals surface area contributed by atoms with Crippen LogP contribution in [0.3, 0.4) is 0 Å². The molecule has 35 heavy (non-hydrogen) atoms. The molecule has 0 saturated carbocycles. The van der Waals surface area contributed by atoms with Crippen molar-refractivity contribution in [2.24, 2.45) is 0 Å². The highest BCUT2D eigenvalue weighted by molar-refractivity contribution is 7.13. The summed E-state index contributed by atoms with van der Waals surface area (Å²) in [6.07, 6.45) is -1.35. The standard InChI is InChI=1S/C21H19Cl2F3N6O2S/c1-9(2)31-18-16(23)17(29-8-30-18)13(33)4-10(3)20-28-7-14(35-20)19(34)32-15-5-11(21(24,25)26)12(22)6-27-15/h5-10H,4H2,1-3H3,(H,27,32,34)(H,29,30,31). The summed E-state index contributed by atoms with van der Waals surface area (Å²) in [4.78, 5) is 41.4. The molecule has 0 radical (unpaired) electrons. The molecule has 14 heteroatoms. The lowest BCUT2D eigenvalue weighted by molar-refractivity contribution is -0.137. The lowest BCUT2D eigenvalue weighted by Crippen LogP contribution is -2.14. The minimum Gasteiger partial charge on any atom is -0.367 e. The fourth-order valence-corrected chi connectivity index (χ4v) is 4.26. The fraction of sp³-hybridized carbons (Fsp3) is 0.333. The molecule has 0 aromatic carbocycles. The SMILES string of the molecule is CC(C)Nc1ncnc(C(=O)CC(C)c2ncc(C(=O)Nc3cc(C(F)(F)F)c(Cl)cn3)s2)c1Cl. The molecule has 3 aromatic heterocycles. The molecular weight excluding hydrogens is 528 g/mol. The van der Waals surface area contributed by atoms with Crippen molar-refractivity contribution in [3.05, 3.63) is 56.0 Å². The minimum absolute atomic E-state index is 0.0140. The number of rotatable bonds is 8. The number of carbonyl (C=O) groups is 2. The van der Waals surface area contributed by atoms with E-state index in [-0.39, 0.29) is 45.6 Å². The van der Waals surface area contributed by atoms with Gasteiger partial charge in [-0.2, -0.15) is 13.2 Å². The van der Waals surface area contributed by atoms with E-state index in [2.05, 4.69) is 30.6 Å². The molecule has 1 unspecified atom stereocenters. The number of amides is 1. The summed E-state index contributed by atoms with van der Waals surface area (Å²) in [5.41, 5.74) is -1.04. The van der Waals surface area contributed by atoms with Crippen molar-refractivity contribution < 1.29 is 22.8 Å². The number of nitrogens with zero attached hydrogens (tertiary/aromatic N) is 4. The number of ketones is 1. The Hall–Kier alpha value is -2.83. The molecule has 0 aliphatic heterocycles.